The van der Waals surface area contributed by atoms with Crippen LogP contribution in [0.1, 0.15) is 37.3 Å². The zero-order valence-electron chi connectivity index (χ0n) is 12.9. The maximum Gasteiger partial charge on any atom is 0.0113 e. The lowest BCUT2D eigenvalue weighted by atomic mass is 9.86. The number of nitrogens with zero attached hydrogens (tertiary/aromatic N) is 1. The normalized spacial score (nSPS) is 28.9. The van der Waals surface area contributed by atoms with Crippen LogP contribution in [0.5, 0.6) is 0 Å². The van der Waals surface area contributed by atoms with Crippen LogP contribution in [-0.2, 0) is 12.8 Å². The van der Waals surface area contributed by atoms with Crippen LogP contribution in [0.15, 0.2) is 24.3 Å². The van der Waals surface area contributed by atoms with Crippen molar-refractivity contribution in [1.29, 1.82) is 0 Å². The van der Waals surface area contributed by atoms with Crippen molar-refractivity contribution < 1.29 is 0 Å². The average Bonchev–Trinajstić information content (AvgIpc) is 2.47. The third kappa shape index (κ3) is 3.24. The van der Waals surface area contributed by atoms with Gasteiger partial charge < -0.3 is 10.2 Å². The van der Waals surface area contributed by atoms with E-state index >= 15 is 0 Å². The second-order valence-electron chi connectivity index (χ2n) is 6.83. The molecule has 0 spiro atoms. The number of nitrogens with one attached hydrogen (secondary N) is 1. The van der Waals surface area contributed by atoms with E-state index in [-0.39, 0.29) is 0 Å². The Hall–Kier alpha value is -0.860. The molecule has 3 atom stereocenters. The van der Waals surface area contributed by atoms with Crippen LogP contribution in [0.3, 0.4) is 0 Å². The number of rotatable bonds is 3. The van der Waals surface area contributed by atoms with Gasteiger partial charge in [-0.2, -0.15) is 0 Å². The molecule has 3 unspecified atom stereocenters. The van der Waals surface area contributed by atoms with Crippen LogP contribution in [0.25, 0.3) is 0 Å². The molecule has 20 heavy (non-hydrogen) atoms. The first kappa shape index (κ1) is 14.1. The number of benzene rings is 1. The van der Waals surface area contributed by atoms with Crippen molar-refractivity contribution in [1.82, 2.24) is 10.2 Å². The minimum absolute atomic E-state index is 0.646. The zero-order valence-corrected chi connectivity index (χ0v) is 12.9. The van der Waals surface area contributed by atoms with Crippen LogP contribution in [0, 0.1) is 5.92 Å². The van der Waals surface area contributed by atoms with Crippen molar-refractivity contribution in [2.75, 3.05) is 20.1 Å². The molecule has 1 saturated heterocycles. The van der Waals surface area contributed by atoms with E-state index in [1.165, 1.54) is 45.2 Å². The standard InChI is InChI=1S/C18H28N2/c1-14(17-8-5-11-20(2)13-17)19-18-10-9-15-6-3-4-7-16(15)12-18/h3-4,6-7,14,17-19H,5,8-13H2,1-2H3. The summed E-state index contributed by atoms with van der Waals surface area (Å²) in [4.78, 5) is 2.49. The molecular weight excluding hydrogens is 244 g/mol. The van der Waals surface area contributed by atoms with Crippen molar-refractivity contribution in [3.8, 4) is 0 Å². The van der Waals surface area contributed by atoms with E-state index in [2.05, 4.69) is 48.5 Å². The summed E-state index contributed by atoms with van der Waals surface area (Å²) < 4.78 is 0. The van der Waals surface area contributed by atoms with Crippen LogP contribution in [0.4, 0.5) is 0 Å². The lowest BCUT2D eigenvalue weighted by molar-refractivity contribution is 0.171. The lowest BCUT2D eigenvalue weighted by Gasteiger charge is -2.37. The fourth-order valence-electron chi connectivity index (χ4n) is 3.96. The molecule has 3 rings (SSSR count). The predicted octanol–water partition coefficient (Wildman–Crippen LogP) is 2.86. The summed E-state index contributed by atoms with van der Waals surface area (Å²) in [7, 11) is 2.26. The molecule has 0 bridgehead atoms. The molecule has 2 heteroatoms. The second kappa shape index (κ2) is 6.28. The Morgan fingerprint density at radius 2 is 2.00 bits per heavy atom. The molecule has 1 fully saturated rings. The molecule has 1 heterocycles. The molecule has 2 nitrogen and oxygen atoms in total. The summed E-state index contributed by atoms with van der Waals surface area (Å²) in [5.74, 6) is 0.825. The Kier molecular flexibility index (Phi) is 4.42. The van der Waals surface area contributed by atoms with Gasteiger partial charge in [0.25, 0.3) is 0 Å². The van der Waals surface area contributed by atoms with E-state index in [0.717, 1.165) is 5.92 Å². The van der Waals surface area contributed by atoms with Crippen molar-refractivity contribution in [2.24, 2.45) is 5.92 Å². The van der Waals surface area contributed by atoms with Gasteiger partial charge in [-0.1, -0.05) is 24.3 Å². The first-order valence-corrected chi connectivity index (χ1v) is 8.24. The molecule has 1 aliphatic heterocycles. The highest BCUT2D eigenvalue weighted by Gasteiger charge is 2.26. The molecule has 1 aromatic carbocycles. The SMILES string of the molecule is CC(NC1CCc2ccccc2C1)C1CCCN(C)C1. The van der Waals surface area contributed by atoms with Gasteiger partial charge in [-0.05, 0) is 69.7 Å². The summed E-state index contributed by atoms with van der Waals surface area (Å²) in [6, 6.07) is 10.3. The minimum atomic E-state index is 0.646. The largest absolute Gasteiger partial charge is 0.311 e. The van der Waals surface area contributed by atoms with E-state index < -0.39 is 0 Å². The van der Waals surface area contributed by atoms with E-state index in [1.54, 1.807) is 11.1 Å². The molecule has 0 radical (unpaired) electrons. The molecular formula is C18H28N2. The van der Waals surface area contributed by atoms with Crippen molar-refractivity contribution in [3.05, 3.63) is 35.4 Å². The molecule has 0 saturated carbocycles. The predicted molar refractivity (Wildman–Crippen MR) is 85.1 cm³/mol. The lowest BCUT2D eigenvalue weighted by Crippen LogP contribution is -2.48. The maximum atomic E-state index is 3.92. The molecule has 110 valence electrons. The summed E-state index contributed by atoms with van der Waals surface area (Å²) in [6.45, 7) is 4.93. The Balaban J connectivity index is 1.56. The first-order chi connectivity index (χ1) is 9.72. The molecule has 1 N–H and O–H groups in total. The number of piperidine rings is 1. The van der Waals surface area contributed by atoms with E-state index in [4.69, 9.17) is 0 Å². The average molecular weight is 272 g/mol. The van der Waals surface area contributed by atoms with Gasteiger partial charge in [0.15, 0.2) is 0 Å². The van der Waals surface area contributed by atoms with Gasteiger partial charge >= 0.3 is 0 Å². The zero-order chi connectivity index (χ0) is 13.9. The first-order valence-electron chi connectivity index (χ1n) is 8.24. The molecule has 0 aromatic heterocycles. The van der Waals surface area contributed by atoms with Gasteiger partial charge in [0.2, 0.25) is 0 Å². The summed E-state index contributed by atoms with van der Waals surface area (Å²) >= 11 is 0. The number of hydrogen-bond acceptors (Lipinski definition) is 2. The quantitative estimate of drug-likeness (QED) is 0.910. The summed E-state index contributed by atoms with van der Waals surface area (Å²) in [5, 5.41) is 3.92. The third-order valence-corrected chi connectivity index (χ3v) is 5.21. The summed E-state index contributed by atoms with van der Waals surface area (Å²) in [5.41, 5.74) is 3.12. The number of hydrogen-bond donors (Lipinski definition) is 1. The second-order valence-corrected chi connectivity index (χ2v) is 6.83. The number of fused-ring (bicyclic) bond motifs is 1. The Bertz CT molecular complexity index is 443. The van der Waals surface area contributed by atoms with Gasteiger partial charge in [-0.25, -0.2) is 0 Å². The Labute approximate surface area is 123 Å². The highest BCUT2D eigenvalue weighted by molar-refractivity contribution is 5.30. The molecule has 1 aliphatic carbocycles. The highest BCUT2D eigenvalue weighted by atomic mass is 15.1. The topological polar surface area (TPSA) is 15.3 Å². The number of likely N-dealkylation sites (tertiary alicyclic amines) is 1. The fourth-order valence-corrected chi connectivity index (χ4v) is 3.96. The monoisotopic (exact) mass is 272 g/mol. The van der Waals surface area contributed by atoms with Gasteiger partial charge in [-0.15, -0.1) is 0 Å². The smallest absolute Gasteiger partial charge is 0.0113 e. The molecule has 0 amide bonds. The third-order valence-electron chi connectivity index (χ3n) is 5.21. The van der Waals surface area contributed by atoms with Crippen LogP contribution < -0.4 is 5.32 Å². The van der Waals surface area contributed by atoms with Crippen LogP contribution >= 0.6 is 0 Å². The van der Waals surface area contributed by atoms with Crippen molar-refractivity contribution in [3.63, 3.8) is 0 Å². The van der Waals surface area contributed by atoms with E-state index in [1.807, 2.05) is 0 Å². The van der Waals surface area contributed by atoms with Gasteiger partial charge in [-0.3, -0.25) is 0 Å². The Morgan fingerprint density at radius 3 is 2.80 bits per heavy atom. The minimum Gasteiger partial charge on any atom is -0.311 e. The van der Waals surface area contributed by atoms with Gasteiger partial charge in [0.1, 0.15) is 0 Å². The van der Waals surface area contributed by atoms with Gasteiger partial charge in [0.05, 0.1) is 0 Å². The van der Waals surface area contributed by atoms with Crippen LogP contribution in [0.2, 0.25) is 0 Å². The van der Waals surface area contributed by atoms with E-state index in [9.17, 15) is 0 Å². The fraction of sp³-hybridized carbons (Fsp3) is 0.667. The maximum absolute atomic E-state index is 3.92. The Morgan fingerprint density at radius 1 is 1.20 bits per heavy atom. The highest BCUT2D eigenvalue weighted by Crippen LogP contribution is 2.24. The molecule has 2 aliphatic rings. The van der Waals surface area contributed by atoms with E-state index in [0.29, 0.717) is 12.1 Å². The van der Waals surface area contributed by atoms with Crippen LogP contribution in [-0.4, -0.2) is 37.1 Å². The molecule has 1 aromatic rings. The summed E-state index contributed by atoms with van der Waals surface area (Å²) in [6.07, 6.45) is 6.50. The van der Waals surface area contributed by atoms with Crippen molar-refractivity contribution in [2.45, 2.75) is 51.1 Å². The van der Waals surface area contributed by atoms with Gasteiger partial charge in [0, 0.05) is 18.6 Å². The van der Waals surface area contributed by atoms with Crippen molar-refractivity contribution >= 4 is 0 Å². The number of aryl methyl sites for hydroxylation is 1.